The van der Waals surface area contributed by atoms with E-state index in [-0.39, 0.29) is 17.7 Å². The van der Waals surface area contributed by atoms with Crippen LogP contribution in [0.15, 0.2) is 24.3 Å². The van der Waals surface area contributed by atoms with Gasteiger partial charge in [0.1, 0.15) is 6.04 Å². The number of carbonyl (C=O) groups is 3. The molecule has 0 aliphatic carbocycles. The quantitative estimate of drug-likeness (QED) is 0.897. The summed E-state index contributed by atoms with van der Waals surface area (Å²) in [6.45, 7) is 7.22. The summed E-state index contributed by atoms with van der Waals surface area (Å²) in [6.07, 6.45) is 0. The maximum atomic E-state index is 12.4. The van der Waals surface area contributed by atoms with Gasteiger partial charge in [0.15, 0.2) is 0 Å². The number of benzene rings is 1. The van der Waals surface area contributed by atoms with E-state index < -0.39 is 6.04 Å². The lowest BCUT2D eigenvalue weighted by molar-refractivity contribution is -0.139. The zero-order valence-corrected chi connectivity index (χ0v) is 13.8. The molecule has 1 N–H and O–H groups in total. The second kappa shape index (κ2) is 7.26. The van der Waals surface area contributed by atoms with Gasteiger partial charge in [-0.1, -0.05) is 17.7 Å². The molecule has 1 heterocycles. The number of rotatable bonds is 3. The van der Waals surface area contributed by atoms with E-state index in [4.69, 9.17) is 0 Å². The van der Waals surface area contributed by atoms with Gasteiger partial charge in [0, 0.05) is 38.7 Å². The van der Waals surface area contributed by atoms with Crippen LogP contribution >= 0.6 is 0 Å². The van der Waals surface area contributed by atoms with E-state index in [0.29, 0.717) is 31.7 Å². The molecule has 2 rings (SSSR count). The minimum absolute atomic E-state index is 0.0258. The molecule has 1 aromatic rings. The number of hydrogen-bond acceptors (Lipinski definition) is 3. The first-order valence-electron chi connectivity index (χ1n) is 7.80. The Bertz CT molecular complexity index is 607. The maximum Gasteiger partial charge on any atom is 0.251 e. The Hall–Kier alpha value is -2.37. The molecule has 0 radical (unpaired) electrons. The number of hydrogen-bond donors (Lipinski definition) is 1. The Labute approximate surface area is 136 Å². The monoisotopic (exact) mass is 317 g/mol. The smallest absolute Gasteiger partial charge is 0.251 e. The topological polar surface area (TPSA) is 69.7 Å². The Kier molecular flexibility index (Phi) is 5.36. The average Bonchev–Trinajstić information content (AvgIpc) is 2.54. The SMILES string of the molecule is CC(=O)N1CCN(C(=O)C(C)NC(=O)c2cccc(C)c2)CC1. The van der Waals surface area contributed by atoms with Gasteiger partial charge in [-0.3, -0.25) is 14.4 Å². The van der Waals surface area contributed by atoms with Crippen LogP contribution in [0, 0.1) is 6.92 Å². The van der Waals surface area contributed by atoms with E-state index in [0.717, 1.165) is 5.56 Å². The molecule has 23 heavy (non-hydrogen) atoms. The molecular formula is C17H23N3O3. The van der Waals surface area contributed by atoms with Crippen molar-refractivity contribution in [2.24, 2.45) is 0 Å². The van der Waals surface area contributed by atoms with Crippen molar-refractivity contribution in [2.45, 2.75) is 26.8 Å². The normalized spacial score (nSPS) is 16.0. The molecule has 0 aromatic heterocycles. The zero-order valence-electron chi connectivity index (χ0n) is 13.8. The first-order chi connectivity index (χ1) is 10.9. The summed E-state index contributed by atoms with van der Waals surface area (Å²) in [5, 5.41) is 2.74. The Morgan fingerprint density at radius 2 is 1.70 bits per heavy atom. The van der Waals surface area contributed by atoms with E-state index in [1.807, 2.05) is 19.1 Å². The second-order valence-electron chi connectivity index (χ2n) is 5.90. The van der Waals surface area contributed by atoms with Gasteiger partial charge in [-0.15, -0.1) is 0 Å². The van der Waals surface area contributed by atoms with Gasteiger partial charge in [0.05, 0.1) is 0 Å². The summed E-state index contributed by atoms with van der Waals surface area (Å²) in [7, 11) is 0. The summed E-state index contributed by atoms with van der Waals surface area (Å²) in [5.74, 6) is -0.343. The van der Waals surface area contributed by atoms with Gasteiger partial charge in [-0.2, -0.15) is 0 Å². The summed E-state index contributed by atoms with van der Waals surface area (Å²) >= 11 is 0. The third kappa shape index (κ3) is 4.31. The standard InChI is InChI=1S/C17H23N3O3/c1-12-5-4-6-15(11-12)16(22)18-13(2)17(23)20-9-7-19(8-10-20)14(3)21/h4-6,11,13H,7-10H2,1-3H3,(H,18,22). The predicted molar refractivity (Wildman–Crippen MR) is 86.9 cm³/mol. The third-order valence-electron chi connectivity index (χ3n) is 4.03. The van der Waals surface area contributed by atoms with Gasteiger partial charge in [-0.05, 0) is 26.0 Å². The highest BCUT2D eigenvalue weighted by Gasteiger charge is 2.26. The van der Waals surface area contributed by atoms with Crippen molar-refractivity contribution in [2.75, 3.05) is 26.2 Å². The lowest BCUT2D eigenvalue weighted by Gasteiger charge is -2.35. The molecule has 3 amide bonds. The molecule has 124 valence electrons. The van der Waals surface area contributed by atoms with Crippen molar-refractivity contribution in [1.82, 2.24) is 15.1 Å². The van der Waals surface area contributed by atoms with E-state index in [1.165, 1.54) is 6.92 Å². The largest absolute Gasteiger partial charge is 0.341 e. The van der Waals surface area contributed by atoms with Crippen LogP contribution in [0.3, 0.4) is 0 Å². The van der Waals surface area contributed by atoms with Crippen LogP contribution in [0.1, 0.15) is 29.8 Å². The van der Waals surface area contributed by atoms with Crippen LogP contribution in [-0.4, -0.2) is 59.7 Å². The molecular weight excluding hydrogens is 294 g/mol. The first kappa shape index (κ1) is 17.0. The number of aryl methyl sites for hydroxylation is 1. The van der Waals surface area contributed by atoms with Crippen LogP contribution < -0.4 is 5.32 Å². The number of carbonyl (C=O) groups excluding carboxylic acids is 3. The highest BCUT2D eigenvalue weighted by molar-refractivity contribution is 5.97. The lowest BCUT2D eigenvalue weighted by atomic mass is 10.1. The van der Waals surface area contributed by atoms with Crippen LogP contribution in [0.25, 0.3) is 0 Å². The fourth-order valence-electron chi connectivity index (χ4n) is 2.64. The van der Waals surface area contributed by atoms with Gasteiger partial charge < -0.3 is 15.1 Å². The Balaban J connectivity index is 1.90. The fourth-order valence-corrected chi connectivity index (χ4v) is 2.64. The summed E-state index contributed by atoms with van der Waals surface area (Å²) in [6, 6.07) is 6.66. The number of nitrogens with one attached hydrogen (secondary N) is 1. The molecule has 6 nitrogen and oxygen atoms in total. The minimum atomic E-state index is -0.591. The molecule has 0 bridgehead atoms. The van der Waals surface area contributed by atoms with E-state index in [1.54, 1.807) is 28.9 Å². The first-order valence-corrected chi connectivity index (χ1v) is 7.80. The van der Waals surface area contributed by atoms with Gasteiger partial charge >= 0.3 is 0 Å². The molecule has 1 aliphatic heterocycles. The van der Waals surface area contributed by atoms with Crippen LogP contribution in [0.2, 0.25) is 0 Å². The van der Waals surface area contributed by atoms with Gasteiger partial charge in [-0.25, -0.2) is 0 Å². The van der Waals surface area contributed by atoms with Gasteiger partial charge in [0.25, 0.3) is 5.91 Å². The summed E-state index contributed by atoms with van der Waals surface area (Å²) in [4.78, 5) is 39.3. The van der Waals surface area contributed by atoms with Crippen molar-refractivity contribution in [3.8, 4) is 0 Å². The highest BCUT2D eigenvalue weighted by atomic mass is 16.2. The van der Waals surface area contributed by atoms with Crippen LogP contribution in [0.4, 0.5) is 0 Å². The number of amides is 3. The highest BCUT2D eigenvalue weighted by Crippen LogP contribution is 2.07. The molecule has 1 atom stereocenters. The number of piperazine rings is 1. The van der Waals surface area contributed by atoms with Crippen molar-refractivity contribution < 1.29 is 14.4 Å². The molecule has 0 spiro atoms. The summed E-state index contributed by atoms with van der Waals surface area (Å²) in [5.41, 5.74) is 1.54. The molecule has 1 unspecified atom stereocenters. The molecule has 6 heteroatoms. The van der Waals surface area contributed by atoms with Crippen LogP contribution in [-0.2, 0) is 9.59 Å². The van der Waals surface area contributed by atoms with E-state index in [2.05, 4.69) is 5.32 Å². The second-order valence-corrected chi connectivity index (χ2v) is 5.90. The average molecular weight is 317 g/mol. The minimum Gasteiger partial charge on any atom is -0.341 e. The fraction of sp³-hybridized carbons (Fsp3) is 0.471. The van der Waals surface area contributed by atoms with E-state index in [9.17, 15) is 14.4 Å². The Morgan fingerprint density at radius 1 is 1.09 bits per heavy atom. The molecule has 0 saturated carbocycles. The molecule has 1 fully saturated rings. The zero-order chi connectivity index (χ0) is 17.0. The Morgan fingerprint density at radius 3 is 2.26 bits per heavy atom. The third-order valence-corrected chi connectivity index (χ3v) is 4.03. The molecule has 1 saturated heterocycles. The van der Waals surface area contributed by atoms with Gasteiger partial charge in [0.2, 0.25) is 11.8 Å². The van der Waals surface area contributed by atoms with Crippen LogP contribution in [0.5, 0.6) is 0 Å². The predicted octanol–water partition coefficient (Wildman–Crippen LogP) is 0.804. The maximum absolute atomic E-state index is 12.4. The van der Waals surface area contributed by atoms with Crippen molar-refractivity contribution >= 4 is 17.7 Å². The van der Waals surface area contributed by atoms with Crippen molar-refractivity contribution in [3.63, 3.8) is 0 Å². The van der Waals surface area contributed by atoms with Crippen molar-refractivity contribution in [1.29, 1.82) is 0 Å². The van der Waals surface area contributed by atoms with Crippen molar-refractivity contribution in [3.05, 3.63) is 35.4 Å². The molecule has 1 aliphatic rings. The lowest BCUT2D eigenvalue weighted by Crippen LogP contribution is -2.54. The molecule has 1 aromatic carbocycles. The van der Waals surface area contributed by atoms with E-state index >= 15 is 0 Å². The number of nitrogens with zero attached hydrogens (tertiary/aromatic N) is 2. The summed E-state index contributed by atoms with van der Waals surface area (Å²) < 4.78 is 0.